The maximum Gasteiger partial charge on any atom is 0.269 e. The van der Waals surface area contributed by atoms with Gasteiger partial charge in [-0.25, -0.2) is 0 Å². The lowest BCUT2D eigenvalue weighted by atomic mass is 9.95. The van der Waals surface area contributed by atoms with Gasteiger partial charge in [-0.2, -0.15) is 0 Å². The van der Waals surface area contributed by atoms with Gasteiger partial charge in [-0.3, -0.25) is 14.9 Å². The third kappa shape index (κ3) is 3.84. The summed E-state index contributed by atoms with van der Waals surface area (Å²) in [5.41, 5.74) is 1.57. The Hall–Kier alpha value is -2.10. The molecule has 1 fully saturated rings. The summed E-state index contributed by atoms with van der Waals surface area (Å²) >= 11 is 2.13. The van der Waals surface area contributed by atoms with Gasteiger partial charge in [0.15, 0.2) is 5.78 Å². The van der Waals surface area contributed by atoms with Crippen LogP contribution >= 0.6 is 22.6 Å². The van der Waals surface area contributed by atoms with Gasteiger partial charge in [0.05, 0.1) is 28.1 Å². The first-order valence-electron chi connectivity index (χ1n) is 7.96. The van der Waals surface area contributed by atoms with Gasteiger partial charge in [0.1, 0.15) is 0 Å². The average molecular weight is 465 g/mol. The summed E-state index contributed by atoms with van der Waals surface area (Å²) in [5, 5.41) is 10.8. The molecule has 0 radical (unpaired) electrons. The Morgan fingerprint density at radius 3 is 2.27 bits per heavy atom. The summed E-state index contributed by atoms with van der Waals surface area (Å²) in [4.78, 5) is 23.5. The highest BCUT2D eigenvalue weighted by Crippen LogP contribution is 2.34. The highest BCUT2D eigenvalue weighted by atomic mass is 127. The van der Waals surface area contributed by atoms with Crippen LogP contribution in [0.3, 0.4) is 0 Å². The molecule has 6 nitrogen and oxygen atoms in total. The minimum atomic E-state index is -1.12. The van der Waals surface area contributed by atoms with Gasteiger partial charge in [-0.1, -0.05) is 52.9 Å². The number of alkyl halides is 1. The third-order valence-electron chi connectivity index (χ3n) is 4.04. The summed E-state index contributed by atoms with van der Waals surface area (Å²) in [6.07, 6.45) is 1.68. The Morgan fingerprint density at radius 2 is 1.73 bits per heavy atom. The summed E-state index contributed by atoms with van der Waals surface area (Å²) in [6, 6.07) is 14.9. The van der Waals surface area contributed by atoms with Crippen molar-refractivity contribution in [3.05, 3.63) is 81.4 Å². The van der Waals surface area contributed by atoms with Gasteiger partial charge >= 0.3 is 0 Å². The number of nitro groups is 1. The van der Waals surface area contributed by atoms with Crippen molar-refractivity contribution in [2.24, 2.45) is 0 Å². The number of rotatable bonds is 6. The summed E-state index contributed by atoms with van der Waals surface area (Å²) in [5.74, 6) is -1.31. The molecule has 0 amide bonds. The highest BCUT2D eigenvalue weighted by molar-refractivity contribution is 14.1. The maximum absolute atomic E-state index is 13.1. The topological polar surface area (TPSA) is 78.7 Å². The number of carbonyl (C=O) groups excluding carboxylic acids is 1. The van der Waals surface area contributed by atoms with E-state index in [9.17, 15) is 14.9 Å². The molecular weight excluding hydrogens is 449 g/mol. The van der Waals surface area contributed by atoms with Crippen molar-refractivity contribution < 1.29 is 19.2 Å². The van der Waals surface area contributed by atoms with Crippen LogP contribution in [0.4, 0.5) is 5.69 Å². The number of ether oxygens (including phenoxy) is 2. The largest absolute Gasteiger partial charge is 0.343 e. The number of nitro benzene ring substituents is 1. The molecule has 26 heavy (non-hydrogen) atoms. The molecule has 134 valence electrons. The highest BCUT2D eigenvalue weighted by Gasteiger charge is 2.43. The molecule has 1 heterocycles. The second kappa shape index (κ2) is 8.07. The van der Waals surface area contributed by atoms with Crippen LogP contribution < -0.4 is 0 Å². The molecule has 3 rings (SSSR count). The molecule has 1 aliphatic rings. The Labute approximate surface area is 164 Å². The summed E-state index contributed by atoms with van der Waals surface area (Å²) < 4.78 is 12.0. The molecule has 0 spiro atoms. The minimum Gasteiger partial charge on any atom is -0.343 e. The summed E-state index contributed by atoms with van der Waals surface area (Å²) in [6.45, 7) is 0.811. The molecule has 0 N–H and O–H groups in total. The van der Waals surface area contributed by atoms with Gasteiger partial charge in [-0.15, -0.1) is 0 Å². The van der Waals surface area contributed by atoms with E-state index < -0.39 is 10.7 Å². The molecule has 1 aliphatic heterocycles. The van der Waals surface area contributed by atoms with Crippen molar-refractivity contribution in [3.63, 3.8) is 0 Å². The Kier molecular flexibility index (Phi) is 5.80. The van der Waals surface area contributed by atoms with E-state index in [1.807, 2.05) is 6.07 Å². The van der Waals surface area contributed by atoms with Crippen LogP contribution in [0.15, 0.2) is 60.2 Å². The molecule has 2 aromatic rings. The Morgan fingerprint density at radius 1 is 1.12 bits per heavy atom. The van der Waals surface area contributed by atoms with Gasteiger partial charge in [0.2, 0.25) is 5.79 Å². The maximum atomic E-state index is 13.1. The average Bonchev–Trinajstić information content (AvgIpc) is 3.17. The van der Waals surface area contributed by atoms with Gasteiger partial charge in [0.25, 0.3) is 5.69 Å². The van der Waals surface area contributed by atoms with Crippen molar-refractivity contribution in [3.8, 4) is 0 Å². The van der Waals surface area contributed by atoms with Gasteiger partial charge < -0.3 is 9.47 Å². The number of ketones is 1. The van der Waals surface area contributed by atoms with Crippen LogP contribution in [0.2, 0.25) is 0 Å². The lowest BCUT2D eigenvalue weighted by Gasteiger charge is -2.27. The molecule has 0 aromatic heterocycles. The van der Waals surface area contributed by atoms with Crippen LogP contribution in [-0.4, -0.2) is 34.1 Å². The lowest BCUT2D eigenvalue weighted by Crippen LogP contribution is -2.38. The van der Waals surface area contributed by atoms with E-state index in [4.69, 9.17) is 9.47 Å². The zero-order valence-electron chi connectivity index (χ0n) is 13.8. The first-order chi connectivity index (χ1) is 12.6. The van der Waals surface area contributed by atoms with E-state index in [0.29, 0.717) is 34.3 Å². The standard InChI is InChI=1S/C19H16INO5/c20-13-19(25-10-11-26-19)17(18(22)15-4-2-1-3-5-15)12-14-6-8-16(9-7-14)21(23)24/h1-9,12H,10-11,13H2/b17-12+. The Bertz CT molecular complexity index is 827. The monoisotopic (exact) mass is 465 g/mol. The minimum absolute atomic E-state index is 0.00458. The van der Waals surface area contributed by atoms with Gasteiger partial charge in [0, 0.05) is 17.7 Å². The second-order valence-corrected chi connectivity index (χ2v) is 6.45. The quantitative estimate of drug-likeness (QED) is 0.161. The van der Waals surface area contributed by atoms with Crippen LogP contribution in [0.1, 0.15) is 15.9 Å². The van der Waals surface area contributed by atoms with Crippen LogP contribution in [0, 0.1) is 10.1 Å². The number of hydrogen-bond acceptors (Lipinski definition) is 5. The molecule has 7 heteroatoms. The van der Waals surface area contributed by atoms with E-state index in [0.717, 1.165) is 0 Å². The van der Waals surface area contributed by atoms with Crippen LogP contribution in [0.5, 0.6) is 0 Å². The fraction of sp³-hybridized carbons (Fsp3) is 0.211. The number of Topliss-reactive ketones (excluding diaryl/α,β-unsaturated/α-hetero) is 1. The van der Waals surface area contributed by atoms with Crippen LogP contribution in [-0.2, 0) is 9.47 Å². The van der Waals surface area contributed by atoms with E-state index in [1.165, 1.54) is 12.1 Å². The van der Waals surface area contributed by atoms with E-state index in [1.54, 1.807) is 42.5 Å². The normalized spacial score (nSPS) is 16.4. The van der Waals surface area contributed by atoms with Crippen molar-refractivity contribution in [1.29, 1.82) is 0 Å². The van der Waals surface area contributed by atoms with E-state index in [-0.39, 0.29) is 11.5 Å². The molecule has 0 aliphatic carbocycles. The molecule has 0 saturated carbocycles. The zero-order valence-corrected chi connectivity index (χ0v) is 15.9. The van der Waals surface area contributed by atoms with Gasteiger partial charge in [-0.05, 0) is 23.8 Å². The van der Waals surface area contributed by atoms with Crippen LogP contribution in [0.25, 0.3) is 6.08 Å². The zero-order chi connectivity index (χ0) is 18.6. The molecule has 0 atom stereocenters. The first-order valence-corrected chi connectivity index (χ1v) is 9.48. The number of non-ortho nitro benzene ring substituents is 1. The molecule has 2 aromatic carbocycles. The first kappa shape index (κ1) is 18.7. The van der Waals surface area contributed by atoms with Crippen molar-refractivity contribution in [2.45, 2.75) is 5.79 Å². The lowest BCUT2D eigenvalue weighted by molar-refractivity contribution is -0.384. The molecule has 0 bridgehead atoms. The molecule has 1 saturated heterocycles. The smallest absolute Gasteiger partial charge is 0.269 e. The summed E-state index contributed by atoms with van der Waals surface area (Å²) in [7, 11) is 0. The predicted octanol–water partition coefficient (Wildman–Crippen LogP) is 4.04. The number of carbonyl (C=O) groups is 1. The second-order valence-electron chi connectivity index (χ2n) is 5.69. The van der Waals surface area contributed by atoms with Crippen molar-refractivity contribution >= 4 is 40.1 Å². The molecular formula is C19H16INO5. The fourth-order valence-electron chi connectivity index (χ4n) is 2.71. The Balaban J connectivity index is 2.05. The SMILES string of the molecule is O=C(/C(=C\c1ccc([N+](=O)[O-])cc1)C1(CI)OCCO1)c1ccccc1. The number of benzene rings is 2. The van der Waals surface area contributed by atoms with Crippen molar-refractivity contribution in [2.75, 3.05) is 17.6 Å². The van der Waals surface area contributed by atoms with E-state index in [2.05, 4.69) is 22.6 Å². The third-order valence-corrected chi connectivity index (χ3v) is 5.04. The van der Waals surface area contributed by atoms with Crippen molar-refractivity contribution in [1.82, 2.24) is 0 Å². The molecule has 0 unspecified atom stereocenters. The van der Waals surface area contributed by atoms with E-state index >= 15 is 0 Å². The number of hydrogen-bond donors (Lipinski definition) is 0. The predicted molar refractivity (Wildman–Crippen MR) is 105 cm³/mol. The number of halogens is 1. The number of nitrogens with zero attached hydrogens (tertiary/aromatic N) is 1. The fourth-order valence-corrected chi connectivity index (χ4v) is 3.56.